The summed E-state index contributed by atoms with van der Waals surface area (Å²) in [4.78, 5) is 4.47. The molecule has 0 unspecified atom stereocenters. The van der Waals surface area contributed by atoms with Crippen molar-refractivity contribution in [1.82, 2.24) is 4.98 Å². The van der Waals surface area contributed by atoms with Gasteiger partial charge in [-0.15, -0.1) is 0 Å². The van der Waals surface area contributed by atoms with Crippen LogP contribution in [0.25, 0.3) is 0 Å². The second-order valence-corrected chi connectivity index (χ2v) is 5.50. The molecule has 0 saturated carbocycles. The standard InChI is InChI=1S/C16H18ClNO2/c1-10(2)14-7-12(9-19)8-16(18-14)20-15-5-4-13(17)6-11(15)3/h4-8,10,19H,9H2,1-3H3. The molecule has 1 aromatic carbocycles. The smallest absolute Gasteiger partial charge is 0.219 e. The molecule has 3 nitrogen and oxygen atoms in total. The second-order valence-electron chi connectivity index (χ2n) is 5.06. The summed E-state index contributed by atoms with van der Waals surface area (Å²) in [6.07, 6.45) is 0. The van der Waals surface area contributed by atoms with E-state index in [1.165, 1.54) is 0 Å². The van der Waals surface area contributed by atoms with Gasteiger partial charge in [-0.2, -0.15) is 0 Å². The van der Waals surface area contributed by atoms with Crippen molar-refractivity contribution < 1.29 is 9.84 Å². The predicted octanol–water partition coefficient (Wildman–Crippen LogP) is 4.45. The van der Waals surface area contributed by atoms with Gasteiger partial charge in [0.1, 0.15) is 5.75 Å². The highest BCUT2D eigenvalue weighted by atomic mass is 35.5. The lowest BCUT2D eigenvalue weighted by atomic mass is 10.1. The van der Waals surface area contributed by atoms with Crippen molar-refractivity contribution in [1.29, 1.82) is 0 Å². The first kappa shape index (κ1) is 14.8. The number of nitrogens with zero attached hydrogens (tertiary/aromatic N) is 1. The van der Waals surface area contributed by atoms with Crippen molar-refractivity contribution in [3.8, 4) is 11.6 Å². The summed E-state index contributed by atoms with van der Waals surface area (Å²) >= 11 is 5.93. The van der Waals surface area contributed by atoms with Crippen LogP contribution in [0, 0.1) is 6.92 Å². The first-order chi connectivity index (χ1) is 9.49. The molecule has 0 saturated heterocycles. The molecule has 0 aliphatic rings. The molecule has 0 fully saturated rings. The predicted molar refractivity (Wildman–Crippen MR) is 80.5 cm³/mol. The lowest BCUT2D eigenvalue weighted by molar-refractivity contribution is 0.280. The largest absolute Gasteiger partial charge is 0.439 e. The summed E-state index contributed by atoms with van der Waals surface area (Å²) in [6, 6.07) is 9.09. The lowest BCUT2D eigenvalue weighted by Gasteiger charge is -2.12. The van der Waals surface area contributed by atoms with Crippen LogP contribution in [-0.2, 0) is 6.61 Å². The number of aryl methyl sites for hydroxylation is 1. The summed E-state index contributed by atoms with van der Waals surface area (Å²) in [5.41, 5.74) is 2.64. The molecule has 0 spiro atoms. The van der Waals surface area contributed by atoms with Crippen LogP contribution in [0.2, 0.25) is 5.02 Å². The normalized spacial score (nSPS) is 10.9. The fourth-order valence-electron chi connectivity index (χ4n) is 1.86. The first-order valence-electron chi connectivity index (χ1n) is 6.55. The SMILES string of the molecule is Cc1cc(Cl)ccc1Oc1cc(CO)cc(C(C)C)n1. The zero-order valence-corrected chi connectivity index (χ0v) is 12.6. The Kier molecular flexibility index (Phi) is 4.63. The number of aliphatic hydroxyl groups excluding tert-OH is 1. The zero-order valence-electron chi connectivity index (χ0n) is 11.9. The number of ether oxygens (including phenoxy) is 1. The summed E-state index contributed by atoms with van der Waals surface area (Å²) in [5, 5.41) is 10.0. The number of aromatic nitrogens is 1. The third-order valence-corrected chi connectivity index (χ3v) is 3.24. The van der Waals surface area contributed by atoms with Gasteiger partial charge in [-0.25, -0.2) is 4.98 Å². The lowest BCUT2D eigenvalue weighted by Crippen LogP contribution is -1.99. The van der Waals surface area contributed by atoms with E-state index in [0.717, 1.165) is 16.8 Å². The van der Waals surface area contributed by atoms with Gasteiger partial charge < -0.3 is 9.84 Å². The van der Waals surface area contributed by atoms with Gasteiger partial charge >= 0.3 is 0 Å². The Morgan fingerprint density at radius 1 is 1.25 bits per heavy atom. The zero-order chi connectivity index (χ0) is 14.7. The van der Waals surface area contributed by atoms with E-state index in [0.29, 0.717) is 16.7 Å². The maximum Gasteiger partial charge on any atom is 0.219 e. The number of pyridine rings is 1. The number of halogens is 1. The molecule has 0 aliphatic heterocycles. The van der Waals surface area contributed by atoms with Gasteiger partial charge in [0.15, 0.2) is 0 Å². The summed E-state index contributed by atoms with van der Waals surface area (Å²) in [5.74, 6) is 1.48. The Hall–Kier alpha value is -1.58. The van der Waals surface area contributed by atoms with E-state index in [-0.39, 0.29) is 12.5 Å². The van der Waals surface area contributed by atoms with Crippen molar-refractivity contribution in [2.75, 3.05) is 0 Å². The Balaban J connectivity index is 2.34. The molecule has 2 aromatic rings. The molecule has 0 bridgehead atoms. The Bertz CT molecular complexity index is 611. The molecule has 106 valence electrons. The minimum Gasteiger partial charge on any atom is -0.439 e. The first-order valence-corrected chi connectivity index (χ1v) is 6.93. The van der Waals surface area contributed by atoms with Crippen molar-refractivity contribution >= 4 is 11.6 Å². The van der Waals surface area contributed by atoms with Crippen molar-refractivity contribution in [3.63, 3.8) is 0 Å². The van der Waals surface area contributed by atoms with E-state index in [2.05, 4.69) is 18.8 Å². The van der Waals surface area contributed by atoms with Crippen molar-refractivity contribution in [3.05, 3.63) is 52.2 Å². The maximum absolute atomic E-state index is 9.32. The number of benzene rings is 1. The van der Waals surface area contributed by atoms with Crippen LogP contribution < -0.4 is 4.74 Å². The van der Waals surface area contributed by atoms with Crippen molar-refractivity contribution in [2.45, 2.75) is 33.3 Å². The highest BCUT2D eigenvalue weighted by molar-refractivity contribution is 6.30. The molecule has 1 aromatic heterocycles. The van der Waals surface area contributed by atoms with Gasteiger partial charge in [-0.1, -0.05) is 25.4 Å². The molecule has 2 rings (SSSR count). The molecule has 0 atom stereocenters. The van der Waals surface area contributed by atoms with Gasteiger partial charge in [-0.05, 0) is 48.2 Å². The highest BCUT2D eigenvalue weighted by Crippen LogP contribution is 2.28. The topological polar surface area (TPSA) is 42.4 Å². The Morgan fingerprint density at radius 3 is 2.60 bits per heavy atom. The minimum atomic E-state index is -0.0296. The Morgan fingerprint density at radius 2 is 2.00 bits per heavy atom. The third kappa shape index (κ3) is 3.50. The molecule has 0 radical (unpaired) electrons. The number of hydrogen-bond acceptors (Lipinski definition) is 3. The van der Waals surface area contributed by atoms with Gasteiger partial charge in [0.25, 0.3) is 0 Å². The highest BCUT2D eigenvalue weighted by Gasteiger charge is 2.09. The number of rotatable bonds is 4. The quantitative estimate of drug-likeness (QED) is 0.905. The van der Waals surface area contributed by atoms with E-state index in [1.54, 1.807) is 12.1 Å². The molecular weight excluding hydrogens is 274 g/mol. The van der Waals surface area contributed by atoms with E-state index < -0.39 is 0 Å². The van der Waals surface area contributed by atoms with Crippen LogP contribution in [0.4, 0.5) is 0 Å². The fourth-order valence-corrected chi connectivity index (χ4v) is 2.09. The fraction of sp³-hybridized carbons (Fsp3) is 0.312. The van der Waals surface area contributed by atoms with Gasteiger partial charge in [0.05, 0.1) is 6.61 Å². The molecule has 0 amide bonds. The van der Waals surface area contributed by atoms with Gasteiger partial charge in [0.2, 0.25) is 5.88 Å². The molecular formula is C16H18ClNO2. The molecule has 20 heavy (non-hydrogen) atoms. The number of hydrogen-bond donors (Lipinski definition) is 1. The van der Waals surface area contributed by atoms with E-state index >= 15 is 0 Å². The van der Waals surface area contributed by atoms with Crippen LogP contribution in [0.15, 0.2) is 30.3 Å². The van der Waals surface area contributed by atoms with E-state index in [1.807, 2.05) is 25.1 Å². The molecule has 1 heterocycles. The average molecular weight is 292 g/mol. The van der Waals surface area contributed by atoms with Gasteiger partial charge in [0, 0.05) is 16.8 Å². The molecule has 1 N–H and O–H groups in total. The maximum atomic E-state index is 9.32. The van der Waals surface area contributed by atoms with Crippen LogP contribution >= 0.6 is 11.6 Å². The second kappa shape index (κ2) is 6.25. The van der Waals surface area contributed by atoms with E-state index in [9.17, 15) is 5.11 Å². The summed E-state index contributed by atoms with van der Waals surface area (Å²) in [7, 11) is 0. The van der Waals surface area contributed by atoms with Crippen LogP contribution in [-0.4, -0.2) is 10.1 Å². The monoisotopic (exact) mass is 291 g/mol. The minimum absolute atomic E-state index is 0.0296. The van der Waals surface area contributed by atoms with Crippen LogP contribution in [0.3, 0.4) is 0 Å². The Labute approximate surface area is 124 Å². The average Bonchev–Trinajstić information content (AvgIpc) is 2.41. The molecule has 0 aliphatic carbocycles. The number of aliphatic hydroxyl groups is 1. The summed E-state index contributed by atoms with van der Waals surface area (Å²) in [6.45, 7) is 6.01. The van der Waals surface area contributed by atoms with E-state index in [4.69, 9.17) is 16.3 Å². The van der Waals surface area contributed by atoms with Gasteiger partial charge in [-0.3, -0.25) is 0 Å². The van der Waals surface area contributed by atoms with Crippen LogP contribution in [0.1, 0.15) is 36.6 Å². The van der Waals surface area contributed by atoms with Crippen LogP contribution in [0.5, 0.6) is 11.6 Å². The summed E-state index contributed by atoms with van der Waals surface area (Å²) < 4.78 is 5.82. The third-order valence-electron chi connectivity index (χ3n) is 3.01. The molecule has 4 heteroatoms. The van der Waals surface area contributed by atoms with Crippen molar-refractivity contribution in [2.24, 2.45) is 0 Å².